The van der Waals surface area contributed by atoms with Crippen molar-refractivity contribution in [2.24, 2.45) is 0 Å². The van der Waals surface area contributed by atoms with Crippen molar-refractivity contribution in [2.45, 2.75) is 6.92 Å². The molecule has 1 aliphatic heterocycles. The Hall–Kier alpha value is -2.21. The van der Waals surface area contributed by atoms with Gasteiger partial charge in [0.15, 0.2) is 11.5 Å². The quantitative estimate of drug-likeness (QED) is 0.581. The van der Waals surface area contributed by atoms with Crippen LogP contribution < -0.4 is 15.4 Å². The third-order valence-electron chi connectivity index (χ3n) is 2.38. The van der Waals surface area contributed by atoms with E-state index in [0.717, 1.165) is 0 Å². The Morgan fingerprint density at radius 2 is 2.11 bits per heavy atom. The summed E-state index contributed by atoms with van der Waals surface area (Å²) in [5.74, 6) is -0.468. The fourth-order valence-electron chi connectivity index (χ4n) is 1.59. The van der Waals surface area contributed by atoms with Gasteiger partial charge in [-0.05, 0) is 30.7 Å². The lowest BCUT2D eigenvalue weighted by atomic mass is 10.1. The van der Waals surface area contributed by atoms with Gasteiger partial charge in [0, 0.05) is 0 Å². The normalized spacial score (nSPS) is 16.4. The molecule has 0 saturated carbocycles. The van der Waals surface area contributed by atoms with Gasteiger partial charge in [-0.2, -0.15) is 0 Å². The summed E-state index contributed by atoms with van der Waals surface area (Å²) < 4.78 is 5.22. The summed E-state index contributed by atoms with van der Waals surface area (Å²) in [5, 5.41) is 14.2. The maximum Gasteiger partial charge on any atom is 0.326 e. The van der Waals surface area contributed by atoms with Crippen LogP contribution >= 0.6 is 11.6 Å². The van der Waals surface area contributed by atoms with Crippen LogP contribution in [0, 0.1) is 0 Å². The average Bonchev–Trinajstić information content (AvgIpc) is 2.64. The number of benzene rings is 1. The molecule has 0 aromatic heterocycles. The van der Waals surface area contributed by atoms with Gasteiger partial charge in [-0.15, -0.1) is 0 Å². The molecule has 3 N–H and O–H groups in total. The molecular formula is C12H11ClN2O4. The summed E-state index contributed by atoms with van der Waals surface area (Å²) in [6.07, 6.45) is 1.44. The molecule has 1 saturated heterocycles. The minimum absolute atomic E-state index is 0.0996. The Bertz CT molecular complexity index is 583. The second-order valence-electron chi connectivity index (χ2n) is 3.75. The zero-order chi connectivity index (χ0) is 14.0. The number of ether oxygens (including phenoxy) is 1. The van der Waals surface area contributed by atoms with E-state index >= 15 is 0 Å². The van der Waals surface area contributed by atoms with Gasteiger partial charge >= 0.3 is 6.03 Å². The molecule has 1 heterocycles. The average molecular weight is 283 g/mol. The lowest BCUT2D eigenvalue weighted by Gasteiger charge is -2.08. The van der Waals surface area contributed by atoms with E-state index in [9.17, 15) is 14.7 Å². The number of hydrogen-bond acceptors (Lipinski definition) is 4. The maximum absolute atomic E-state index is 11.4. The predicted octanol–water partition coefficient (Wildman–Crippen LogP) is 1.62. The minimum atomic E-state index is -0.578. The largest absolute Gasteiger partial charge is 0.503 e. The number of phenolic OH excluding ortho intramolecular Hbond substituents is 1. The van der Waals surface area contributed by atoms with E-state index < -0.39 is 11.9 Å². The zero-order valence-corrected chi connectivity index (χ0v) is 10.7. The Morgan fingerprint density at radius 3 is 2.68 bits per heavy atom. The van der Waals surface area contributed by atoms with Gasteiger partial charge < -0.3 is 15.2 Å². The summed E-state index contributed by atoms with van der Waals surface area (Å²) in [6, 6.07) is 2.41. The van der Waals surface area contributed by atoms with Crippen molar-refractivity contribution < 1.29 is 19.4 Å². The van der Waals surface area contributed by atoms with Crippen LogP contribution in [0.5, 0.6) is 11.5 Å². The molecular weight excluding hydrogens is 272 g/mol. The van der Waals surface area contributed by atoms with Crippen LogP contribution in [-0.4, -0.2) is 23.7 Å². The molecule has 0 atom stereocenters. The molecule has 1 fully saturated rings. The maximum atomic E-state index is 11.4. The second-order valence-corrected chi connectivity index (χ2v) is 4.16. The SMILES string of the molecule is CCOc1cc(/C=C2/NC(=O)NC2=O)cc(Cl)c1O. The van der Waals surface area contributed by atoms with Crippen molar-refractivity contribution in [3.63, 3.8) is 0 Å². The zero-order valence-electron chi connectivity index (χ0n) is 9.99. The molecule has 1 aromatic rings. The Kier molecular flexibility index (Phi) is 3.62. The second kappa shape index (κ2) is 5.19. The topological polar surface area (TPSA) is 87.7 Å². The molecule has 1 aliphatic rings. The van der Waals surface area contributed by atoms with Crippen LogP contribution in [0.1, 0.15) is 12.5 Å². The van der Waals surface area contributed by atoms with Gasteiger partial charge in [-0.25, -0.2) is 4.79 Å². The van der Waals surface area contributed by atoms with Crippen LogP contribution in [0.3, 0.4) is 0 Å². The Morgan fingerprint density at radius 1 is 1.37 bits per heavy atom. The monoisotopic (exact) mass is 282 g/mol. The van der Waals surface area contributed by atoms with Crippen LogP contribution in [0.15, 0.2) is 17.8 Å². The van der Waals surface area contributed by atoms with Gasteiger partial charge in [0.25, 0.3) is 5.91 Å². The highest BCUT2D eigenvalue weighted by molar-refractivity contribution is 6.32. The lowest BCUT2D eigenvalue weighted by molar-refractivity contribution is -0.115. The highest BCUT2D eigenvalue weighted by Gasteiger charge is 2.23. The first kappa shape index (κ1) is 13.2. The first-order valence-electron chi connectivity index (χ1n) is 5.50. The van der Waals surface area contributed by atoms with E-state index in [1.165, 1.54) is 18.2 Å². The van der Waals surface area contributed by atoms with E-state index in [1.807, 2.05) is 0 Å². The molecule has 0 spiro atoms. The van der Waals surface area contributed by atoms with E-state index in [0.29, 0.717) is 12.2 Å². The number of carbonyl (C=O) groups excluding carboxylic acids is 2. The van der Waals surface area contributed by atoms with Crippen molar-refractivity contribution in [2.75, 3.05) is 6.61 Å². The van der Waals surface area contributed by atoms with E-state index in [2.05, 4.69) is 10.6 Å². The van der Waals surface area contributed by atoms with Gasteiger partial charge in [-0.1, -0.05) is 11.6 Å². The number of amides is 3. The van der Waals surface area contributed by atoms with E-state index in [-0.39, 0.29) is 22.2 Å². The number of nitrogens with one attached hydrogen (secondary N) is 2. The fraction of sp³-hybridized carbons (Fsp3) is 0.167. The third kappa shape index (κ3) is 2.79. The molecule has 6 nitrogen and oxygen atoms in total. The van der Waals surface area contributed by atoms with Crippen LogP contribution in [0.4, 0.5) is 4.79 Å². The summed E-state index contributed by atoms with van der Waals surface area (Å²) in [7, 11) is 0. The number of urea groups is 1. The lowest BCUT2D eigenvalue weighted by Crippen LogP contribution is -2.22. The molecule has 0 bridgehead atoms. The molecule has 0 aliphatic carbocycles. The Labute approximate surface area is 114 Å². The molecule has 0 unspecified atom stereocenters. The van der Waals surface area contributed by atoms with Crippen molar-refractivity contribution >= 4 is 29.6 Å². The van der Waals surface area contributed by atoms with Gasteiger partial charge in [0.05, 0.1) is 11.6 Å². The standard InChI is InChI=1S/C12H11ClN2O4/c1-2-19-9-5-6(3-7(13)10(9)16)4-8-11(17)15-12(18)14-8/h3-5,16H,2H2,1H3,(H2,14,15,17,18)/b8-4+. The molecule has 3 amide bonds. The smallest absolute Gasteiger partial charge is 0.326 e. The van der Waals surface area contributed by atoms with Crippen molar-refractivity contribution in [3.8, 4) is 11.5 Å². The van der Waals surface area contributed by atoms with E-state index in [1.54, 1.807) is 6.92 Å². The van der Waals surface area contributed by atoms with Crippen molar-refractivity contribution in [1.29, 1.82) is 0 Å². The number of aromatic hydroxyl groups is 1. The summed E-state index contributed by atoms with van der Waals surface area (Å²) in [6.45, 7) is 2.13. The van der Waals surface area contributed by atoms with Crippen molar-refractivity contribution in [3.05, 3.63) is 28.4 Å². The molecule has 100 valence electrons. The number of hydrogen-bond donors (Lipinski definition) is 3. The van der Waals surface area contributed by atoms with Crippen molar-refractivity contribution in [1.82, 2.24) is 10.6 Å². The highest BCUT2D eigenvalue weighted by atomic mass is 35.5. The predicted molar refractivity (Wildman–Crippen MR) is 68.9 cm³/mol. The number of halogens is 1. The molecule has 19 heavy (non-hydrogen) atoms. The molecule has 1 aromatic carbocycles. The number of phenols is 1. The molecule has 7 heteroatoms. The van der Waals surface area contributed by atoms with Gasteiger partial charge in [0.2, 0.25) is 0 Å². The number of carbonyl (C=O) groups is 2. The minimum Gasteiger partial charge on any atom is -0.503 e. The van der Waals surface area contributed by atoms with Crippen LogP contribution in [0.2, 0.25) is 5.02 Å². The molecule has 2 rings (SSSR count). The van der Waals surface area contributed by atoms with E-state index in [4.69, 9.17) is 16.3 Å². The summed E-state index contributed by atoms with van der Waals surface area (Å²) >= 11 is 5.86. The summed E-state index contributed by atoms with van der Waals surface area (Å²) in [4.78, 5) is 22.3. The first-order valence-corrected chi connectivity index (χ1v) is 5.88. The van der Waals surface area contributed by atoms with Crippen LogP contribution in [-0.2, 0) is 4.79 Å². The molecule has 0 radical (unpaired) electrons. The summed E-state index contributed by atoms with van der Waals surface area (Å²) in [5.41, 5.74) is 0.632. The highest BCUT2D eigenvalue weighted by Crippen LogP contribution is 2.35. The third-order valence-corrected chi connectivity index (χ3v) is 2.67. The number of imide groups is 1. The first-order chi connectivity index (χ1) is 9.01. The Balaban J connectivity index is 2.38. The fourth-order valence-corrected chi connectivity index (χ4v) is 1.81. The van der Waals surface area contributed by atoms with Crippen LogP contribution in [0.25, 0.3) is 6.08 Å². The number of rotatable bonds is 3. The van der Waals surface area contributed by atoms with Gasteiger partial charge in [-0.3, -0.25) is 10.1 Å². The van der Waals surface area contributed by atoms with Gasteiger partial charge in [0.1, 0.15) is 5.70 Å².